The lowest BCUT2D eigenvalue weighted by Crippen LogP contribution is -2.47. The van der Waals surface area contributed by atoms with Crippen molar-refractivity contribution in [1.29, 1.82) is 0 Å². The van der Waals surface area contributed by atoms with E-state index in [2.05, 4.69) is 74.9 Å². The summed E-state index contributed by atoms with van der Waals surface area (Å²) in [7, 11) is 0. The number of benzene rings is 2. The Morgan fingerprint density at radius 1 is 1.02 bits per heavy atom. The average molecular weight is 573 g/mol. The van der Waals surface area contributed by atoms with Crippen LogP contribution < -0.4 is 5.32 Å². The number of aryl methyl sites for hydroxylation is 1. The van der Waals surface area contributed by atoms with Crippen molar-refractivity contribution >= 4 is 22.5 Å². The largest absolute Gasteiger partial charge is 0.378 e. The number of carbonyl (C=O) groups is 1. The summed E-state index contributed by atoms with van der Waals surface area (Å²) in [4.78, 5) is 24.0. The number of likely N-dealkylation sites (tertiary alicyclic amines) is 1. The van der Waals surface area contributed by atoms with Crippen LogP contribution in [0.15, 0.2) is 85.1 Å². The molecular formula is C35H36N6O2. The molecule has 1 aliphatic carbocycles. The highest BCUT2D eigenvalue weighted by molar-refractivity contribution is 5.90. The standard InChI is InChI=1S/C35H36N6O2/c1-23-18-32-36-21-28-19-31(25-6-3-2-4-7-25)33(38-34(28)41(32)39-23)26-12-10-24(11-13-26)22-40-16-14-27(15-17-40)35(43)37-29-8-5-9-30(42)20-29/h2-8,10-13,18-19,21,27,29,35,37,43H,9,14-17,20,22H2,1H3. The van der Waals surface area contributed by atoms with Gasteiger partial charge in [0.1, 0.15) is 12.0 Å². The predicted octanol–water partition coefficient (Wildman–Crippen LogP) is 5.33. The maximum absolute atomic E-state index is 11.7. The molecule has 2 unspecified atom stereocenters. The Hall–Kier alpha value is -4.24. The molecular weight excluding hydrogens is 536 g/mol. The van der Waals surface area contributed by atoms with Gasteiger partial charge in [0.15, 0.2) is 11.3 Å². The van der Waals surface area contributed by atoms with Gasteiger partial charge in [-0.3, -0.25) is 15.0 Å². The molecule has 5 aromatic rings. The van der Waals surface area contributed by atoms with Gasteiger partial charge in [0, 0.05) is 60.1 Å². The van der Waals surface area contributed by atoms with E-state index in [1.54, 1.807) is 0 Å². The molecule has 0 spiro atoms. The molecule has 3 aromatic heterocycles. The van der Waals surface area contributed by atoms with E-state index in [9.17, 15) is 9.90 Å². The van der Waals surface area contributed by atoms with Crippen LogP contribution in [0.2, 0.25) is 0 Å². The van der Waals surface area contributed by atoms with Crippen molar-refractivity contribution < 1.29 is 9.90 Å². The van der Waals surface area contributed by atoms with Crippen LogP contribution in [-0.4, -0.2) is 60.7 Å². The molecule has 2 aromatic carbocycles. The number of nitrogens with zero attached hydrogens (tertiary/aromatic N) is 5. The number of hydrogen-bond donors (Lipinski definition) is 2. The molecule has 2 N–H and O–H groups in total. The van der Waals surface area contributed by atoms with Crippen molar-refractivity contribution in [1.82, 2.24) is 29.8 Å². The van der Waals surface area contributed by atoms with Gasteiger partial charge in [0.25, 0.3) is 0 Å². The molecule has 2 atom stereocenters. The van der Waals surface area contributed by atoms with Crippen LogP contribution in [-0.2, 0) is 11.3 Å². The first-order chi connectivity index (χ1) is 21.0. The molecule has 8 nitrogen and oxygen atoms in total. The summed E-state index contributed by atoms with van der Waals surface area (Å²) in [5.74, 6) is 0.419. The predicted molar refractivity (Wildman–Crippen MR) is 168 cm³/mol. The van der Waals surface area contributed by atoms with Crippen molar-refractivity contribution in [3.05, 3.63) is 96.3 Å². The number of ketones is 1. The SMILES string of the molecule is Cc1cc2ncc3cc(-c4ccccc4)c(-c4ccc(CN5CCC(C(O)NC6C=CCC(=O)C6)CC5)cc4)nc3n2n1. The first-order valence-corrected chi connectivity index (χ1v) is 15.2. The van der Waals surface area contributed by atoms with Crippen molar-refractivity contribution in [2.45, 2.75) is 51.4 Å². The zero-order chi connectivity index (χ0) is 29.3. The van der Waals surface area contributed by atoms with Gasteiger partial charge in [-0.15, -0.1) is 0 Å². The smallest absolute Gasteiger partial charge is 0.165 e. The van der Waals surface area contributed by atoms with Crippen LogP contribution >= 0.6 is 0 Å². The van der Waals surface area contributed by atoms with Gasteiger partial charge in [-0.05, 0) is 50.0 Å². The third-order valence-electron chi connectivity index (χ3n) is 8.72. The molecule has 4 heterocycles. The molecule has 218 valence electrons. The minimum atomic E-state index is -0.585. The average Bonchev–Trinajstić information content (AvgIpc) is 3.42. The molecule has 8 heteroatoms. The highest BCUT2D eigenvalue weighted by Crippen LogP contribution is 2.34. The van der Waals surface area contributed by atoms with Crippen LogP contribution in [0.5, 0.6) is 0 Å². The summed E-state index contributed by atoms with van der Waals surface area (Å²) in [5.41, 5.74) is 7.90. The summed E-state index contributed by atoms with van der Waals surface area (Å²) in [6, 6.07) is 23.2. The fraction of sp³-hybridized carbons (Fsp3) is 0.314. The van der Waals surface area contributed by atoms with E-state index in [4.69, 9.17) is 4.98 Å². The van der Waals surface area contributed by atoms with Crippen LogP contribution in [0.25, 0.3) is 39.1 Å². The minimum absolute atomic E-state index is 0.0568. The Balaban J connectivity index is 1.08. The number of nitrogens with one attached hydrogen (secondary N) is 1. The maximum atomic E-state index is 11.7. The fourth-order valence-electron chi connectivity index (χ4n) is 6.39. The van der Waals surface area contributed by atoms with Gasteiger partial charge in [-0.1, -0.05) is 66.7 Å². The summed E-state index contributed by atoms with van der Waals surface area (Å²) >= 11 is 0. The molecule has 2 aliphatic rings. The van der Waals surface area contributed by atoms with Gasteiger partial charge < -0.3 is 5.11 Å². The number of allylic oxidation sites excluding steroid dienone is 1. The molecule has 7 rings (SSSR count). The maximum Gasteiger partial charge on any atom is 0.165 e. The van der Waals surface area contributed by atoms with Crippen molar-refractivity contribution in [2.75, 3.05) is 13.1 Å². The zero-order valence-corrected chi connectivity index (χ0v) is 24.4. The Bertz CT molecular complexity index is 1790. The van der Waals surface area contributed by atoms with Crippen molar-refractivity contribution in [3.8, 4) is 22.4 Å². The lowest BCUT2D eigenvalue weighted by Gasteiger charge is -2.35. The second-order valence-electron chi connectivity index (χ2n) is 11.9. The number of piperidine rings is 1. The normalized spacial score (nSPS) is 18.9. The van der Waals surface area contributed by atoms with E-state index in [0.717, 1.165) is 77.2 Å². The number of rotatable bonds is 7. The number of aliphatic hydroxyl groups excluding tert-OH is 1. The van der Waals surface area contributed by atoms with E-state index in [1.165, 1.54) is 5.56 Å². The van der Waals surface area contributed by atoms with E-state index in [1.807, 2.05) is 41.9 Å². The van der Waals surface area contributed by atoms with Gasteiger partial charge in [-0.25, -0.2) is 9.97 Å². The first kappa shape index (κ1) is 27.6. The van der Waals surface area contributed by atoms with Crippen LogP contribution in [0.4, 0.5) is 0 Å². The molecule has 0 amide bonds. The number of aliphatic hydroxyl groups is 1. The van der Waals surface area contributed by atoms with E-state index in [0.29, 0.717) is 12.8 Å². The number of fused-ring (bicyclic) bond motifs is 3. The Kier molecular flexibility index (Phi) is 7.57. The summed E-state index contributed by atoms with van der Waals surface area (Å²) < 4.78 is 1.83. The number of Topliss-reactive ketones (excluding diaryl/α,β-unsaturated/α-hetero) is 1. The summed E-state index contributed by atoms with van der Waals surface area (Å²) in [5, 5.41) is 19.6. The lowest BCUT2D eigenvalue weighted by molar-refractivity contribution is -0.119. The topological polar surface area (TPSA) is 95.7 Å². The van der Waals surface area contributed by atoms with Crippen LogP contribution in [0.1, 0.15) is 36.9 Å². The van der Waals surface area contributed by atoms with Gasteiger partial charge in [-0.2, -0.15) is 9.61 Å². The molecule has 1 saturated heterocycles. The van der Waals surface area contributed by atoms with Crippen molar-refractivity contribution in [3.63, 3.8) is 0 Å². The number of carbonyl (C=O) groups excluding carboxylic acids is 1. The van der Waals surface area contributed by atoms with E-state index in [-0.39, 0.29) is 17.7 Å². The third kappa shape index (κ3) is 5.86. The summed E-state index contributed by atoms with van der Waals surface area (Å²) in [6.45, 7) is 4.70. The second kappa shape index (κ2) is 11.8. The Labute approximate surface area is 251 Å². The molecule has 0 bridgehead atoms. The minimum Gasteiger partial charge on any atom is -0.378 e. The van der Waals surface area contributed by atoms with Gasteiger partial charge in [0.05, 0.1) is 11.4 Å². The molecule has 1 aliphatic heterocycles. The lowest BCUT2D eigenvalue weighted by atomic mass is 9.93. The highest BCUT2D eigenvalue weighted by atomic mass is 16.3. The molecule has 43 heavy (non-hydrogen) atoms. The highest BCUT2D eigenvalue weighted by Gasteiger charge is 2.27. The van der Waals surface area contributed by atoms with Crippen LogP contribution in [0, 0.1) is 12.8 Å². The Morgan fingerprint density at radius 3 is 2.58 bits per heavy atom. The monoisotopic (exact) mass is 572 g/mol. The van der Waals surface area contributed by atoms with Gasteiger partial charge >= 0.3 is 0 Å². The third-order valence-corrected chi connectivity index (χ3v) is 8.72. The number of aromatic nitrogens is 4. The number of pyridine rings is 1. The molecule has 0 radical (unpaired) electrons. The molecule has 0 saturated carbocycles. The van der Waals surface area contributed by atoms with Gasteiger partial charge in [0.2, 0.25) is 0 Å². The summed E-state index contributed by atoms with van der Waals surface area (Å²) in [6.07, 6.45) is 8.03. The van der Waals surface area contributed by atoms with Crippen molar-refractivity contribution in [2.24, 2.45) is 5.92 Å². The first-order valence-electron chi connectivity index (χ1n) is 15.2. The Morgan fingerprint density at radius 2 is 1.81 bits per heavy atom. The number of hydrogen-bond acceptors (Lipinski definition) is 7. The second-order valence-corrected chi connectivity index (χ2v) is 11.9. The van der Waals surface area contributed by atoms with E-state index >= 15 is 0 Å². The zero-order valence-electron chi connectivity index (χ0n) is 24.4. The fourth-order valence-corrected chi connectivity index (χ4v) is 6.39. The van der Waals surface area contributed by atoms with Crippen LogP contribution in [0.3, 0.4) is 0 Å². The molecule has 1 fully saturated rings. The quantitative estimate of drug-likeness (QED) is 0.201. The van der Waals surface area contributed by atoms with E-state index < -0.39 is 6.23 Å².